The predicted octanol–water partition coefficient (Wildman–Crippen LogP) is -0.192. The molecule has 0 fully saturated rings. The van der Waals surface area contributed by atoms with Gasteiger partial charge in [-0.25, -0.2) is 0 Å². The van der Waals surface area contributed by atoms with E-state index >= 15 is 0 Å². The van der Waals surface area contributed by atoms with E-state index in [0.717, 1.165) is 12.1 Å². The minimum absolute atomic E-state index is 0.107. The highest BCUT2D eigenvalue weighted by atomic mass is 16.1. The van der Waals surface area contributed by atoms with Crippen LogP contribution in [0.25, 0.3) is 5.65 Å². The van der Waals surface area contributed by atoms with Crippen LogP contribution < -0.4 is 11.1 Å². The zero-order valence-electron chi connectivity index (χ0n) is 8.76. The summed E-state index contributed by atoms with van der Waals surface area (Å²) in [7, 11) is 0. The molecular formula is C10H13N5O. The van der Waals surface area contributed by atoms with Crippen LogP contribution in [-0.4, -0.2) is 33.6 Å². The molecule has 2 rings (SSSR count). The van der Waals surface area contributed by atoms with Gasteiger partial charge in [-0.3, -0.25) is 9.20 Å². The van der Waals surface area contributed by atoms with Crippen LogP contribution in [0, 0.1) is 0 Å². The molecule has 84 valence electrons. The maximum absolute atomic E-state index is 11.7. The Balaban J connectivity index is 2.10. The molecule has 0 radical (unpaired) electrons. The molecule has 0 aromatic carbocycles. The lowest BCUT2D eigenvalue weighted by Gasteiger charge is -2.04. The molecule has 6 nitrogen and oxygen atoms in total. The van der Waals surface area contributed by atoms with Gasteiger partial charge in [0.1, 0.15) is 6.33 Å². The van der Waals surface area contributed by atoms with E-state index in [1.807, 2.05) is 0 Å². The second kappa shape index (κ2) is 4.71. The molecule has 0 bridgehead atoms. The van der Waals surface area contributed by atoms with Crippen LogP contribution in [0.15, 0.2) is 24.7 Å². The molecule has 0 saturated carbocycles. The van der Waals surface area contributed by atoms with Gasteiger partial charge in [-0.2, -0.15) is 0 Å². The number of aromatic nitrogens is 3. The minimum atomic E-state index is -0.107. The van der Waals surface area contributed by atoms with Crippen molar-refractivity contribution in [2.75, 3.05) is 13.1 Å². The fourth-order valence-electron chi connectivity index (χ4n) is 1.37. The number of fused-ring (bicyclic) bond motifs is 1. The summed E-state index contributed by atoms with van der Waals surface area (Å²) in [6, 6.07) is 3.48. The van der Waals surface area contributed by atoms with Crippen LogP contribution in [-0.2, 0) is 0 Å². The topological polar surface area (TPSA) is 85.3 Å². The van der Waals surface area contributed by atoms with Crippen LogP contribution in [0.2, 0.25) is 0 Å². The second-order valence-corrected chi connectivity index (χ2v) is 3.41. The van der Waals surface area contributed by atoms with Gasteiger partial charge in [0.2, 0.25) is 0 Å². The Bertz CT molecular complexity index is 493. The summed E-state index contributed by atoms with van der Waals surface area (Å²) in [6.07, 6.45) is 4.04. The third kappa shape index (κ3) is 2.17. The summed E-state index contributed by atoms with van der Waals surface area (Å²) in [4.78, 5) is 11.7. The number of hydrogen-bond donors (Lipinski definition) is 2. The number of nitrogens with zero attached hydrogens (tertiary/aromatic N) is 3. The molecule has 2 aromatic heterocycles. The van der Waals surface area contributed by atoms with Gasteiger partial charge in [0.15, 0.2) is 5.65 Å². The minimum Gasteiger partial charge on any atom is -0.352 e. The highest BCUT2D eigenvalue weighted by Gasteiger charge is 2.05. The molecule has 0 aliphatic carbocycles. The predicted molar refractivity (Wildman–Crippen MR) is 59.0 cm³/mol. The number of nitrogens with one attached hydrogen (secondary N) is 1. The lowest BCUT2D eigenvalue weighted by molar-refractivity contribution is 0.0953. The smallest absolute Gasteiger partial charge is 0.252 e. The molecule has 0 unspecified atom stereocenters. The normalized spacial score (nSPS) is 10.6. The Hall–Kier alpha value is -1.95. The largest absolute Gasteiger partial charge is 0.352 e. The lowest BCUT2D eigenvalue weighted by atomic mass is 10.2. The highest BCUT2D eigenvalue weighted by molar-refractivity contribution is 5.94. The number of nitrogens with two attached hydrogens (primary N) is 1. The van der Waals surface area contributed by atoms with E-state index in [-0.39, 0.29) is 5.91 Å². The SMILES string of the molecule is NCCCNC(=O)c1ccc2nncn2c1. The number of carbonyl (C=O) groups excluding carboxylic acids is 1. The van der Waals surface area contributed by atoms with Crippen molar-refractivity contribution in [3.05, 3.63) is 30.2 Å². The lowest BCUT2D eigenvalue weighted by Crippen LogP contribution is -2.26. The quantitative estimate of drug-likeness (QED) is 0.698. The summed E-state index contributed by atoms with van der Waals surface area (Å²) in [5.74, 6) is -0.107. The van der Waals surface area contributed by atoms with Gasteiger partial charge in [0, 0.05) is 12.7 Å². The fraction of sp³-hybridized carbons (Fsp3) is 0.300. The standard InChI is InChI=1S/C10H13N5O/c11-4-1-5-12-10(16)8-2-3-9-14-13-7-15(9)6-8/h2-3,6-7H,1,4-5,11H2,(H,12,16). The molecule has 0 atom stereocenters. The molecule has 0 aliphatic rings. The Morgan fingerprint density at radius 1 is 1.50 bits per heavy atom. The number of amides is 1. The zero-order valence-corrected chi connectivity index (χ0v) is 8.76. The van der Waals surface area contributed by atoms with Gasteiger partial charge >= 0.3 is 0 Å². The summed E-state index contributed by atoms with van der Waals surface area (Å²) >= 11 is 0. The first-order chi connectivity index (χ1) is 7.81. The average Bonchev–Trinajstić information content (AvgIpc) is 2.76. The first-order valence-corrected chi connectivity index (χ1v) is 5.09. The van der Waals surface area contributed by atoms with Gasteiger partial charge in [-0.05, 0) is 25.1 Å². The molecule has 3 N–H and O–H groups in total. The van der Waals surface area contributed by atoms with Crippen LogP contribution >= 0.6 is 0 Å². The first-order valence-electron chi connectivity index (χ1n) is 5.09. The average molecular weight is 219 g/mol. The van der Waals surface area contributed by atoms with Crippen molar-refractivity contribution in [1.29, 1.82) is 0 Å². The molecule has 6 heteroatoms. The maximum Gasteiger partial charge on any atom is 0.252 e. The van der Waals surface area contributed by atoms with Crippen molar-refractivity contribution in [2.45, 2.75) is 6.42 Å². The number of pyridine rings is 1. The molecule has 16 heavy (non-hydrogen) atoms. The van der Waals surface area contributed by atoms with E-state index in [9.17, 15) is 4.79 Å². The van der Waals surface area contributed by atoms with Gasteiger partial charge in [-0.15, -0.1) is 10.2 Å². The van der Waals surface area contributed by atoms with Gasteiger partial charge in [-0.1, -0.05) is 0 Å². The summed E-state index contributed by atoms with van der Waals surface area (Å²) in [5.41, 5.74) is 6.65. The second-order valence-electron chi connectivity index (χ2n) is 3.41. The summed E-state index contributed by atoms with van der Waals surface area (Å²) < 4.78 is 1.71. The number of carbonyl (C=O) groups is 1. The van der Waals surface area contributed by atoms with E-state index < -0.39 is 0 Å². The monoisotopic (exact) mass is 219 g/mol. The van der Waals surface area contributed by atoms with Crippen LogP contribution in [0.3, 0.4) is 0 Å². The molecule has 0 saturated heterocycles. The molecule has 2 heterocycles. The Labute approximate surface area is 92.5 Å². The van der Waals surface area contributed by atoms with Crippen molar-refractivity contribution >= 4 is 11.6 Å². The Kier molecular flexibility index (Phi) is 3.11. The number of rotatable bonds is 4. The van der Waals surface area contributed by atoms with Gasteiger partial charge < -0.3 is 11.1 Å². The fourth-order valence-corrected chi connectivity index (χ4v) is 1.37. The van der Waals surface area contributed by atoms with E-state index in [1.54, 1.807) is 29.1 Å². The Morgan fingerprint density at radius 3 is 3.19 bits per heavy atom. The zero-order chi connectivity index (χ0) is 11.4. The van der Waals surface area contributed by atoms with Crippen LogP contribution in [0.1, 0.15) is 16.8 Å². The van der Waals surface area contributed by atoms with Crippen molar-refractivity contribution in [2.24, 2.45) is 5.73 Å². The van der Waals surface area contributed by atoms with Crippen molar-refractivity contribution in [3.8, 4) is 0 Å². The van der Waals surface area contributed by atoms with Crippen molar-refractivity contribution in [3.63, 3.8) is 0 Å². The molecule has 1 amide bonds. The highest BCUT2D eigenvalue weighted by Crippen LogP contribution is 2.03. The van der Waals surface area contributed by atoms with Crippen molar-refractivity contribution in [1.82, 2.24) is 19.9 Å². The van der Waals surface area contributed by atoms with E-state index in [4.69, 9.17) is 5.73 Å². The van der Waals surface area contributed by atoms with E-state index in [2.05, 4.69) is 15.5 Å². The summed E-state index contributed by atoms with van der Waals surface area (Å²) in [6.45, 7) is 1.17. The van der Waals surface area contributed by atoms with E-state index in [1.165, 1.54) is 0 Å². The maximum atomic E-state index is 11.7. The number of hydrogen-bond acceptors (Lipinski definition) is 4. The van der Waals surface area contributed by atoms with Crippen LogP contribution in [0.5, 0.6) is 0 Å². The third-order valence-corrected chi connectivity index (χ3v) is 2.22. The van der Waals surface area contributed by atoms with Crippen molar-refractivity contribution < 1.29 is 4.79 Å². The molecule has 0 aliphatic heterocycles. The molecule has 2 aromatic rings. The Morgan fingerprint density at radius 2 is 2.38 bits per heavy atom. The third-order valence-electron chi connectivity index (χ3n) is 2.22. The van der Waals surface area contributed by atoms with E-state index in [0.29, 0.717) is 18.7 Å². The molecule has 0 spiro atoms. The molecular weight excluding hydrogens is 206 g/mol. The summed E-state index contributed by atoms with van der Waals surface area (Å²) in [5, 5.41) is 10.4. The first kappa shape index (κ1) is 10.6. The van der Waals surface area contributed by atoms with Crippen LogP contribution in [0.4, 0.5) is 0 Å². The van der Waals surface area contributed by atoms with Gasteiger partial charge in [0.25, 0.3) is 5.91 Å². The van der Waals surface area contributed by atoms with Gasteiger partial charge in [0.05, 0.1) is 5.56 Å².